The molecule has 4 amide bonds. The van der Waals surface area contributed by atoms with Gasteiger partial charge in [0, 0.05) is 11.8 Å². The zero-order valence-electron chi connectivity index (χ0n) is 16.9. The van der Waals surface area contributed by atoms with Crippen molar-refractivity contribution in [3.05, 3.63) is 18.2 Å². The molecule has 1 fully saturated rings. The number of rotatable bonds is 9. The standard InChI is InChI=1S/C19H25N3O7/c1-5-27-13-8-7-12(9-14(13)28-6-2)20-15(23)11-29-16(24)10-22-17(25)19(3,4)21-18(22)26/h7-9H,5-6,10-11H2,1-4H3,(H,20,23)(H,21,26). The number of hydrogen-bond acceptors (Lipinski definition) is 7. The predicted octanol–water partition coefficient (Wildman–Crippen LogP) is 1.30. The van der Waals surface area contributed by atoms with Gasteiger partial charge in [-0.15, -0.1) is 0 Å². The van der Waals surface area contributed by atoms with Gasteiger partial charge in [-0.3, -0.25) is 19.3 Å². The maximum Gasteiger partial charge on any atom is 0.326 e. The molecule has 10 heteroatoms. The maximum absolute atomic E-state index is 12.0. The van der Waals surface area contributed by atoms with E-state index in [0.717, 1.165) is 4.90 Å². The van der Waals surface area contributed by atoms with E-state index in [1.165, 1.54) is 13.8 Å². The molecule has 10 nitrogen and oxygen atoms in total. The summed E-state index contributed by atoms with van der Waals surface area (Å²) in [6.07, 6.45) is 0. The van der Waals surface area contributed by atoms with Crippen LogP contribution in [0.25, 0.3) is 0 Å². The molecular weight excluding hydrogens is 382 g/mol. The first kappa shape index (κ1) is 22.0. The minimum Gasteiger partial charge on any atom is -0.490 e. The molecule has 0 radical (unpaired) electrons. The van der Waals surface area contributed by atoms with Crippen LogP contribution in [0.3, 0.4) is 0 Å². The Morgan fingerprint density at radius 1 is 1.10 bits per heavy atom. The van der Waals surface area contributed by atoms with Gasteiger partial charge in [0.25, 0.3) is 11.8 Å². The van der Waals surface area contributed by atoms with Gasteiger partial charge in [0.1, 0.15) is 12.1 Å². The van der Waals surface area contributed by atoms with Crippen LogP contribution in [0.15, 0.2) is 18.2 Å². The fourth-order valence-electron chi connectivity index (χ4n) is 2.61. The summed E-state index contributed by atoms with van der Waals surface area (Å²) in [5, 5.41) is 5.03. The first-order valence-corrected chi connectivity index (χ1v) is 9.17. The number of urea groups is 1. The highest BCUT2D eigenvalue weighted by Crippen LogP contribution is 2.30. The van der Waals surface area contributed by atoms with Crippen LogP contribution >= 0.6 is 0 Å². The Morgan fingerprint density at radius 2 is 1.76 bits per heavy atom. The Morgan fingerprint density at radius 3 is 2.34 bits per heavy atom. The van der Waals surface area contributed by atoms with Gasteiger partial charge in [0.05, 0.1) is 13.2 Å². The van der Waals surface area contributed by atoms with Crippen LogP contribution in [0, 0.1) is 0 Å². The summed E-state index contributed by atoms with van der Waals surface area (Å²) in [7, 11) is 0. The van der Waals surface area contributed by atoms with Crippen LogP contribution in [-0.4, -0.2) is 60.6 Å². The van der Waals surface area contributed by atoms with E-state index in [-0.39, 0.29) is 0 Å². The number of carbonyl (C=O) groups is 4. The summed E-state index contributed by atoms with van der Waals surface area (Å²) >= 11 is 0. The molecular formula is C19H25N3O7. The highest BCUT2D eigenvalue weighted by molar-refractivity contribution is 6.08. The van der Waals surface area contributed by atoms with E-state index in [9.17, 15) is 19.2 Å². The molecule has 0 atom stereocenters. The fourth-order valence-corrected chi connectivity index (χ4v) is 2.61. The van der Waals surface area contributed by atoms with Crippen LogP contribution in [0.4, 0.5) is 10.5 Å². The Labute approximate surface area is 168 Å². The quantitative estimate of drug-likeness (QED) is 0.467. The van der Waals surface area contributed by atoms with Crippen molar-refractivity contribution in [3.63, 3.8) is 0 Å². The van der Waals surface area contributed by atoms with Crippen molar-refractivity contribution in [1.29, 1.82) is 0 Å². The number of anilines is 1. The number of benzene rings is 1. The van der Waals surface area contributed by atoms with Gasteiger partial charge in [-0.1, -0.05) is 0 Å². The van der Waals surface area contributed by atoms with Crippen LogP contribution < -0.4 is 20.1 Å². The first-order valence-electron chi connectivity index (χ1n) is 9.17. The van der Waals surface area contributed by atoms with Crippen LogP contribution in [0.1, 0.15) is 27.7 Å². The zero-order chi connectivity index (χ0) is 21.6. The molecule has 2 rings (SSSR count). The molecule has 1 saturated heterocycles. The van der Waals surface area contributed by atoms with Crippen LogP contribution in [-0.2, 0) is 19.1 Å². The summed E-state index contributed by atoms with van der Waals surface area (Å²) in [5.41, 5.74) is -0.644. The molecule has 2 N–H and O–H groups in total. The summed E-state index contributed by atoms with van der Waals surface area (Å²) in [4.78, 5) is 48.5. The van der Waals surface area contributed by atoms with Gasteiger partial charge in [-0.05, 0) is 39.8 Å². The van der Waals surface area contributed by atoms with Gasteiger partial charge in [-0.2, -0.15) is 0 Å². The lowest BCUT2D eigenvalue weighted by Gasteiger charge is -2.15. The molecule has 0 spiro atoms. The number of nitrogens with one attached hydrogen (secondary N) is 2. The van der Waals surface area contributed by atoms with E-state index in [0.29, 0.717) is 30.4 Å². The number of nitrogens with zero attached hydrogens (tertiary/aromatic N) is 1. The molecule has 1 aliphatic rings. The summed E-state index contributed by atoms with van der Waals surface area (Å²) in [5.74, 6) is -0.965. The lowest BCUT2D eigenvalue weighted by molar-refractivity contribution is -0.150. The third-order valence-corrected chi connectivity index (χ3v) is 3.92. The number of esters is 1. The number of carbonyl (C=O) groups excluding carboxylic acids is 4. The summed E-state index contributed by atoms with van der Waals surface area (Å²) in [6.45, 7) is 6.48. The lowest BCUT2D eigenvalue weighted by Crippen LogP contribution is -2.41. The predicted molar refractivity (Wildman–Crippen MR) is 103 cm³/mol. The third kappa shape index (κ3) is 5.59. The van der Waals surface area contributed by atoms with Crippen molar-refractivity contribution in [2.75, 3.05) is 31.7 Å². The highest BCUT2D eigenvalue weighted by atomic mass is 16.5. The second-order valence-electron chi connectivity index (χ2n) is 6.68. The zero-order valence-corrected chi connectivity index (χ0v) is 16.9. The minimum atomic E-state index is -1.08. The molecule has 0 saturated carbocycles. The van der Waals surface area contributed by atoms with Gasteiger partial charge in [-0.25, -0.2) is 4.79 Å². The van der Waals surface area contributed by atoms with Crippen molar-refractivity contribution >= 4 is 29.5 Å². The molecule has 1 aromatic rings. The third-order valence-electron chi connectivity index (χ3n) is 3.92. The normalized spacial score (nSPS) is 15.0. The molecule has 29 heavy (non-hydrogen) atoms. The Bertz CT molecular complexity index is 807. The average molecular weight is 407 g/mol. The van der Waals surface area contributed by atoms with E-state index in [1.54, 1.807) is 18.2 Å². The van der Waals surface area contributed by atoms with Gasteiger partial charge in [0.15, 0.2) is 18.1 Å². The average Bonchev–Trinajstić information content (AvgIpc) is 2.84. The van der Waals surface area contributed by atoms with Crippen molar-refractivity contribution < 1.29 is 33.4 Å². The van der Waals surface area contributed by atoms with E-state index in [2.05, 4.69) is 10.6 Å². The lowest BCUT2D eigenvalue weighted by atomic mass is 10.1. The highest BCUT2D eigenvalue weighted by Gasteiger charge is 2.45. The van der Waals surface area contributed by atoms with Crippen molar-refractivity contribution in [2.45, 2.75) is 33.2 Å². The SMILES string of the molecule is CCOc1ccc(NC(=O)COC(=O)CN2C(=O)NC(C)(C)C2=O)cc1OCC. The maximum atomic E-state index is 12.0. The Kier molecular flexibility index (Phi) is 7.03. The number of imide groups is 1. The first-order chi connectivity index (χ1) is 13.7. The van der Waals surface area contributed by atoms with Crippen molar-refractivity contribution in [3.8, 4) is 11.5 Å². The second kappa shape index (κ2) is 9.26. The molecule has 158 valence electrons. The molecule has 1 heterocycles. The van der Waals surface area contributed by atoms with Crippen molar-refractivity contribution in [2.24, 2.45) is 0 Å². The van der Waals surface area contributed by atoms with E-state index < -0.39 is 42.5 Å². The molecule has 1 aliphatic heterocycles. The van der Waals surface area contributed by atoms with Gasteiger partial charge in [0.2, 0.25) is 0 Å². The summed E-state index contributed by atoms with van der Waals surface area (Å²) < 4.78 is 15.8. The monoisotopic (exact) mass is 407 g/mol. The van der Waals surface area contributed by atoms with Crippen LogP contribution in [0.2, 0.25) is 0 Å². The van der Waals surface area contributed by atoms with Crippen LogP contribution in [0.5, 0.6) is 11.5 Å². The van der Waals surface area contributed by atoms with E-state index >= 15 is 0 Å². The largest absolute Gasteiger partial charge is 0.490 e. The second-order valence-corrected chi connectivity index (χ2v) is 6.68. The molecule has 0 aromatic heterocycles. The van der Waals surface area contributed by atoms with E-state index in [4.69, 9.17) is 14.2 Å². The Balaban J connectivity index is 1.88. The minimum absolute atomic E-state index is 0.425. The number of amides is 4. The topological polar surface area (TPSA) is 123 Å². The number of hydrogen-bond donors (Lipinski definition) is 2. The van der Waals surface area contributed by atoms with Crippen molar-refractivity contribution in [1.82, 2.24) is 10.2 Å². The number of ether oxygens (including phenoxy) is 3. The van der Waals surface area contributed by atoms with Gasteiger partial charge >= 0.3 is 12.0 Å². The summed E-state index contributed by atoms with van der Waals surface area (Å²) in [6, 6.07) is 4.21. The molecule has 0 bridgehead atoms. The molecule has 0 aliphatic carbocycles. The van der Waals surface area contributed by atoms with E-state index in [1.807, 2.05) is 13.8 Å². The van der Waals surface area contributed by atoms with Gasteiger partial charge < -0.3 is 24.8 Å². The Hall–Kier alpha value is -3.30. The smallest absolute Gasteiger partial charge is 0.326 e. The fraction of sp³-hybridized carbons (Fsp3) is 0.474. The molecule has 0 unspecified atom stereocenters. The molecule has 1 aromatic carbocycles.